The van der Waals surface area contributed by atoms with Crippen LogP contribution in [0.2, 0.25) is 0 Å². The van der Waals surface area contributed by atoms with Gasteiger partial charge in [-0.05, 0) is 19.1 Å². The highest BCUT2D eigenvalue weighted by Gasteiger charge is 2.19. The van der Waals surface area contributed by atoms with Crippen LogP contribution in [-0.4, -0.2) is 21.1 Å². The molecule has 110 valence electrons. The Bertz CT molecular complexity index is 700. The molecule has 1 aromatic carbocycles. The van der Waals surface area contributed by atoms with Crippen LogP contribution in [0.1, 0.15) is 6.92 Å². The van der Waals surface area contributed by atoms with E-state index in [9.17, 15) is 18.4 Å². The molecule has 1 unspecified atom stereocenters. The molecule has 0 aliphatic rings. The monoisotopic (exact) mass is 311 g/mol. The maximum atomic E-state index is 13.4. The average molecular weight is 311 g/mol. The van der Waals surface area contributed by atoms with Gasteiger partial charge in [-0.2, -0.15) is 0 Å². The summed E-state index contributed by atoms with van der Waals surface area (Å²) in [5.74, 6) is -2.31. The molecular weight excluding hydrogens is 300 g/mol. The van der Waals surface area contributed by atoms with Crippen LogP contribution >= 0.6 is 11.8 Å². The van der Waals surface area contributed by atoms with Crippen LogP contribution in [0.4, 0.5) is 14.5 Å². The number of amides is 1. The molecular formula is C13H11F2N3O2S. The van der Waals surface area contributed by atoms with Gasteiger partial charge in [-0.3, -0.25) is 9.59 Å². The van der Waals surface area contributed by atoms with Crippen molar-refractivity contribution in [1.82, 2.24) is 9.97 Å². The minimum Gasteiger partial charge on any atom is -0.320 e. The Kier molecular flexibility index (Phi) is 4.69. The molecule has 0 aliphatic heterocycles. The van der Waals surface area contributed by atoms with E-state index in [-0.39, 0.29) is 10.7 Å². The Labute approximate surface area is 122 Å². The van der Waals surface area contributed by atoms with Gasteiger partial charge in [0.05, 0.1) is 5.25 Å². The van der Waals surface area contributed by atoms with Crippen LogP contribution in [-0.2, 0) is 4.79 Å². The van der Waals surface area contributed by atoms with E-state index in [1.165, 1.54) is 25.3 Å². The number of carbonyl (C=O) groups is 1. The Balaban J connectivity index is 2.08. The second-order valence-electron chi connectivity index (χ2n) is 4.09. The summed E-state index contributed by atoms with van der Waals surface area (Å²) < 4.78 is 26.9. The molecule has 5 nitrogen and oxygen atoms in total. The van der Waals surface area contributed by atoms with Gasteiger partial charge < -0.3 is 10.3 Å². The van der Waals surface area contributed by atoms with Crippen LogP contribution in [0.25, 0.3) is 0 Å². The average Bonchev–Trinajstić information content (AvgIpc) is 2.43. The molecule has 2 rings (SSSR count). The summed E-state index contributed by atoms with van der Waals surface area (Å²) in [6.07, 6.45) is 1.31. The first-order valence-corrected chi connectivity index (χ1v) is 6.82. The van der Waals surface area contributed by atoms with E-state index in [0.29, 0.717) is 0 Å². The summed E-state index contributed by atoms with van der Waals surface area (Å²) >= 11 is 0.973. The summed E-state index contributed by atoms with van der Waals surface area (Å²) in [6, 6.07) is 4.54. The molecule has 0 saturated heterocycles. The number of nitrogens with zero attached hydrogens (tertiary/aromatic N) is 1. The summed E-state index contributed by atoms with van der Waals surface area (Å²) in [7, 11) is 0. The molecule has 1 atom stereocenters. The van der Waals surface area contributed by atoms with Crippen molar-refractivity contribution in [3.63, 3.8) is 0 Å². The molecule has 2 aromatic rings. The number of carbonyl (C=O) groups excluding carboxylic acids is 1. The third-order valence-electron chi connectivity index (χ3n) is 2.52. The van der Waals surface area contributed by atoms with Crippen molar-refractivity contribution >= 4 is 23.4 Å². The van der Waals surface area contributed by atoms with Crippen LogP contribution in [0, 0.1) is 11.6 Å². The van der Waals surface area contributed by atoms with Crippen molar-refractivity contribution in [2.75, 3.05) is 5.32 Å². The molecule has 1 heterocycles. The highest BCUT2D eigenvalue weighted by molar-refractivity contribution is 8.00. The summed E-state index contributed by atoms with van der Waals surface area (Å²) in [5.41, 5.74) is -0.843. The number of hydrogen-bond donors (Lipinski definition) is 2. The fourth-order valence-electron chi connectivity index (χ4n) is 1.47. The molecule has 1 amide bonds. The topological polar surface area (TPSA) is 74.8 Å². The summed E-state index contributed by atoms with van der Waals surface area (Å²) in [5, 5.41) is 1.73. The number of para-hydroxylation sites is 1. The number of aromatic nitrogens is 2. The molecule has 8 heteroatoms. The van der Waals surface area contributed by atoms with Crippen molar-refractivity contribution in [1.29, 1.82) is 0 Å². The molecule has 0 spiro atoms. The van der Waals surface area contributed by atoms with E-state index in [1.54, 1.807) is 0 Å². The van der Waals surface area contributed by atoms with Crippen molar-refractivity contribution in [3.05, 3.63) is 52.5 Å². The van der Waals surface area contributed by atoms with Gasteiger partial charge in [-0.15, -0.1) is 0 Å². The van der Waals surface area contributed by atoms with E-state index < -0.39 is 28.5 Å². The fourth-order valence-corrected chi connectivity index (χ4v) is 2.26. The first-order valence-electron chi connectivity index (χ1n) is 5.94. The van der Waals surface area contributed by atoms with Gasteiger partial charge in [0, 0.05) is 12.3 Å². The Morgan fingerprint density at radius 2 is 2.00 bits per heavy atom. The number of hydrogen-bond acceptors (Lipinski definition) is 4. The minimum absolute atomic E-state index is 0.249. The van der Waals surface area contributed by atoms with Crippen LogP contribution in [0.3, 0.4) is 0 Å². The van der Waals surface area contributed by atoms with E-state index in [1.807, 2.05) is 0 Å². The number of rotatable bonds is 4. The third kappa shape index (κ3) is 3.88. The molecule has 0 radical (unpaired) electrons. The predicted octanol–water partition coefficient (Wildman–Crippen LogP) is 2.17. The first-order chi connectivity index (χ1) is 9.97. The quantitative estimate of drug-likeness (QED) is 0.670. The van der Waals surface area contributed by atoms with Gasteiger partial charge in [-0.1, -0.05) is 17.8 Å². The van der Waals surface area contributed by atoms with E-state index >= 15 is 0 Å². The smallest absolute Gasteiger partial charge is 0.251 e. The van der Waals surface area contributed by atoms with Crippen LogP contribution in [0.5, 0.6) is 0 Å². The van der Waals surface area contributed by atoms with Crippen molar-refractivity contribution < 1.29 is 13.6 Å². The minimum atomic E-state index is -0.855. The van der Waals surface area contributed by atoms with Gasteiger partial charge in [0.15, 0.2) is 5.16 Å². The fraction of sp³-hybridized carbons (Fsp3) is 0.154. The molecule has 21 heavy (non-hydrogen) atoms. The summed E-state index contributed by atoms with van der Waals surface area (Å²) in [4.78, 5) is 29.4. The highest BCUT2D eigenvalue weighted by atomic mass is 32.2. The number of aromatic amines is 1. The zero-order valence-electron chi connectivity index (χ0n) is 10.9. The predicted molar refractivity (Wildman–Crippen MR) is 75.2 cm³/mol. The maximum absolute atomic E-state index is 13.4. The van der Waals surface area contributed by atoms with E-state index in [4.69, 9.17) is 0 Å². The van der Waals surface area contributed by atoms with Crippen molar-refractivity contribution in [2.24, 2.45) is 0 Å². The zero-order chi connectivity index (χ0) is 15.4. The van der Waals surface area contributed by atoms with Gasteiger partial charge >= 0.3 is 0 Å². The Morgan fingerprint density at radius 3 is 2.62 bits per heavy atom. The zero-order valence-corrected chi connectivity index (χ0v) is 11.7. The van der Waals surface area contributed by atoms with Gasteiger partial charge in [0.2, 0.25) is 5.91 Å². The number of anilines is 1. The highest BCUT2D eigenvalue weighted by Crippen LogP contribution is 2.22. The lowest BCUT2D eigenvalue weighted by molar-refractivity contribution is -0.115. The lowest BCUT2D eigenvalue weighted by atomic mass is 10.3. The number of benzene rings is 1. The Hall–Kier alpha value is -2.22. The Morgan fingerprint density at radius 1 is 1.33 bits per heavy atom. The number of H-pyrrole nitrogens is 1. The van der Waals surface area contributed by atoms with E-state index in [2.05, 4.69) is 15.3 Å². The third-order valence-corrected chi connectivity index (χ3v) is 3.51. The second-order valence-corrected chi connectivity index (χ2v) is 5.41. The molecule has 1 aromatic heterocycles. The number of thioether (sulfide) groups is 1. The van der Waals surface area contributed by atoms with Gasteiger partial charge in [-0.25, -0.2) is 13.8 Å². The van der Waals surface area contributed by atoms with Crippen molar-refractivity contribution in [3.8, 4) is 0 Å². The maximum Gasteiger partial charge on any atom is 0.251 e. The molecule has 2 N–H and O–H groups in total. The SMILES string of the molecule is CC(Sc1nccc(=O)[nH]1)C(=O)Nc1c(F)cccc1F. The summed E-state index contributed by atoms with van der Waals surface area (Å²) in [6.45, 7) is 1.53. The van der Waals surface area contributed by atoms with Gasteiger partial charge in [0.25, 0.3) is 5.56 Å². The number of nitrogens with one attached hydrogen (secondary N) is 2. The first kappa shape index (κ1) is 15.2. The largest absolute Gasteiger partial charge is 0.320 e. The normalized spacial score (nSPS) is 12.0. The molecule has 0 aliphatic carbocycles. The van der Waals surface area contributed by atoms with Crippen LogP contribution in [0.15, 0.2) is 40.4 Å². The lowest BCUT2D eigenvalue weighted by Gasteiger charge is -2.12. The molecule has 0 fully saturated rings. The van der Waals surface area contributed by atoms with Crippen molar-refractivity contribution in [2.45, 2.75) is 17.3 Å². The second kappa shape index (κ2) is 6.49. The number of halogens is 2. The standard InChI is InChI=1S/C13H11F2N3O2S/c1-7(21-13-16-6-5-10(19)17-13)12(20)18-11-8(14)3-2-4-9(11)15/h2-7H,1H3,(H,18,20)(H,16,17,19). The van der Waals surface area contributed by atoms with E-state index in [0.717, 1.165) is 23.9 Å². The molecule has 0 bridgehead atoms. The van der Waals surface area contributed by atoms with Crippen LogP contribution < -0.4 is 10.9 Å². The van der Waals surface area contributed by atoms with Gasteiger partial charge in [0.1, 0.15) is 17.3 Å². The lowest BCUT2D eigenvalue weighted by Crippen LogP contribution is -2.24. The molecule has 0 saturated carbocycles.